The number of alkyl halides is 3. The first-order valence-corrected chi connectivity index (χ1v) is 15.6. The van der Waals surface area contributed by atoms with Crippen molar-refractivity contribution in [2.45, 2.75) is 95.3 Å². The first-order valence-electron chi connectivity index (χ1n) is 15.6. The smallest absolute Gasteiger partial charge is 0.388 e. The average Bonchev–Trinajstić information content (AvgIpc) is 3.48. The van der Waals surface area contributed by atoms with Crippen LogP contribution in [0.15, 0.2) is 24.3 Å². The van der Waals surface area contributed by atoms with Crippen molar-refractivity contribution in [2.24, 2.45) is 5.41 Å². The lowest BCUT2D eigenvalue weighted by Gasteiger charge is -2.42. The maximum atomic E-state index is 14.1. The number of carbonyl (C=O) groups excluding carboxylic acids is 4. The van der Waals surface area contributed by atoms with Gasteiger partial charge in [-0.25, -0.2) is 0 Å². The molecule has 0 aromatic heterocycles. The van der Waals surface area contributed by atoms with E-state index in [1.165, 1.54) is 21.9 Å². The molecular formula is C31H42F3N5O7. The topological polar surface area (TPSA) is 152 Å². The van der Waals surface area contributed by atoms with Crippen LogP contribution < -0.4 is 10.6 Å². The molecule has 4 N–H and O–H groups in total. The van der Waals surface area contributed by atoms with Crippen molar-refractivity contribution in [3.05, 3.63) is 35.4 Å². The molecule has 0 saturated carbocycles. The number of halogens is 3. The number of hydrogen-bond donors (Lipinski definition) is 4. The molecule has 15 heteroatoms. The molecule has 4 aliphatic heterocycles. The van der Waals surface area contributed by atoms with Gasteiger partial charge in [0.15, 0.2) is 0 Å². The fourth-order valence-corrected chi connectivity index (χ4v) is 6.70. The van der Waals surface area contributed by atoms with E-state index in [4.69, 9.17) is 4.74 Å². The fourth-order valence-electron chi connectivity index (χ4n) is 6.70. The number of benzene rings is 1. The van der Waals surface area contributed by atoms with Crippen LogP contribution in [0.25, 0.3) is 0 Å². The number of hydrogen-bond acceptors (Lipinski definition) is 8. The fraction of sp³-hybridized carbons (Fsp3) is 0.677. The molecule has 4 fully saturated rings. The lowest BCUT2D eigenvalue weighted by atomic mass is 9.91. The number of rotatable bonds is 3. The molecule has 0 radical (unpaired) electrons. The Hall–Kier alpha value is -3.27. The minimum atomic E-state index is -4.49. The molecule has 4 saturated heterocycles. The highest BCUT2D eigenvalue weighted by Gasteiger charge is 2.47. The zero-order chi connectivity index (χ0) is 33.6. The predicted molar refractivity (Wildman–Crippen MR) is 157 cm³/mol. The van der Waals surface area contributed by atoms with E-state index in [-0.39, 0.29) is 75.8 Å². The van der Waals surface area contributed by atoms with Gasteiger partial charge in [-0.15, -0.1) is 0 Å². The minimum absolute atomic E-state index is 0.0957. The summed E-state index contributed by atoms with van der Waals surface area (Å²) in [7, 11) is 0. The van der Waals surface area contributed by atoms with E-state index in [1.807, 2.05) is 20.8 Å². The molecule has 46 heavy (non-hydrogen) atoms. The van der Waals surface area contributed by atoms with Crippen molar-refractivity contribution in [1.29, 1.82) is 0 Å². The molecule has 4 aliphatic rings. The number of nitrogens with zero attached hydrogens (tertiary/aromatic N) is 3. The monoisotopic (exact) mass is 653 g/mol. The van der Waals surface area contributed by atoms with Gasteiger partial charge in [0.2, 0.25) is 23.6 Å². The summed E-state index contributed by atoms with van der Waals surface area (Å²) in [6.45, 7) is 6.06. The average molecular weight is 654 g/mol. The number of piperazine rings is 1. The van der Waals surface area contributed by atoms with Gasteiger partial charge in [0.05, 0.1) is 30.7 Å². The number of aliphatic hydroxyl groups excluding tert-OH is 2. The maximum Gasteiger partial charge on any atom is 0.416 e. The molecule has 6 bridgehead atoms. The highest BCUT2D eigenvalue weighted by molar-refractivity contribution is 5.90. The van der Waals surface area contributed by atoms with Crippen LogP contribution in [0.2, 0.25) is 0 Å². The maximum absolute atomic E-state index is 14.1. The van der Waals surface area contributed by atoms with Crippen molar-refractivity contribution < 1.29 is 47.3 Å². The van der Waals surface area contributed by atoms with Gasteiger partial charge in [-0.05, 0) is 29.5 Å². The van der Waals surface area contributed by atoms with E-state index in [0.29, 0.717) is 5.56 Å². The Labute approximate surface area is 265 Å². The van der Waals surface area contributed by atoms with Crippen LogP contribution >= 0.6 is 0 Å². The number of nitrogens with one attached hydrogen (secondary N) is 2. The van der Waals surface area contributed by atoms with E-state index in [9.17, 15) is 42.6 Å². The molecule has 1 aromatic rings. The van der Waals surface area contributed by atoms with Crippen molar-refractivity contribution in [1.82, 2.24) is 25.3 Å². The third-order valence-corrected chi connectivity index (χ3v) is 9.04. The van der Waals surface area contributed by atoms with E-state index < -0.39 is 66.1 Å². The third kappa shape index (κ3) is 7.64. The van der Waals surface area contributed by atoms with Crippen LogP contribution in [0.1, 0.15) is 51.2 Å². The largest absolute Gasteiger partial charge is 0.416 e. The Balaban J connectivity index is 1.43. The van der Waals surface area contributed by atoms with Crippen LogP contribution in [0, 0.1) is 5.41 Å². The Kier molecular flexibility index (Phi) is 9.69. The van der Waals surface area contributed by atoms with Crippen LogP contribution in [-0.4, -0.2) is 124 Å². The van der Waals surface area contributed by atoms with Crippen LogP contribution in [0.3, 0.4) is 0 Å². The van der Waals surface area contributed by atoms with Crippen LogP contribution in [-0.2, 0) is 36.6 Å². The number of aliphatic hydroxyl groups is 2. The lowest BCUT2D eigenvalue weighted by molar-refractivity contribution is -0.151. The number of amides is 4. The Morgan fingerprint density at radius 1 is 0.978 bits per heavy atom. The van der Waals surface area contributed by atoms with Gasteiger partial charge in [-0.1, -0.05) is 32.9 Å². The second-order valence-electron chi connectivity index (χ2n) is 13.9. The summed E-state index contributed by atoms with van der Waals surface area (Å²) in [6.07, 6.45) is -9.19. The predicted octanol–water partition coefficient (Wildman–Crippen LogP) is 0.249. The van der Waals surface area contributed by atoms with E-state index in [0.717, 1.165) is 12.1 Å². The van der Waals surface area contributed by atoms with E-state index >= 15 is 0 Å². The molecule has 4 amide bonds. The molecule has 5 rings (SSSR count). The summed E-state index contributed by atoms with van der Waals surface area (Å²) < 4.78 is 45.2. The molecule has 1 aromatic carbocycles. The first-order chi connectivity index (χ1) is 21.5. The summed E-state index contributed by atoms with van der Waals surface area (Å²) in [4.78, 5) is 58.8. The summed E-state index contributed by atoms with van der Waals surface area (Å²) in [6, 6.07) is 2.37. The second-order valence-corrected chi connectivity index (χ2v) is 13.9. The summed E-state index contributed by atoms with van der Waals surface area (Å²) in [5.41, 5.74) is -0.603. The highest BCUT2D eigenvalue weighted by atomic mass is 19.4. The molecule has 254 valence electrons. The first kappa shape index (κ1) is 34.1. The molecular weight excluding hydrogens is 611 g/mol. The van der Waals surface area contributed by atoms with Crippen molar-refractivity contribution in [3.63, 3.8) is 0 Å². The molecule has 7 atom stereocenters. The van der Waals surface area contributed by atoms with Crippen LogP contribution in [0.4, 0.5) is 13.2 Å². The number of likely N-dealkylation sites (tertiary alicyclic amines) is 1. The van der Waals surface area contributed by atoms with Crippen LogP contribution in [0.5, 0.6) is 0 Å². The molecule has 0 spiro atoms. The van der Waals surface area contributed by atoms with Crippen molar-refractivity contribution in [3.8, 4) is 0 Å². The number of carbonyl (C=O) groups is 4. The normalized spacial score (nSPS) is 31.6. The molecule has 4 heterocycles. The quantitative estimate of drug-likeness (QED) is 0.363. The summed E-state index contributed by atoms with van der Waals surface area (Å²) in [5.74, 6) is -1.57. The van der Waals surface area contributed by atoms with Crippen molar-refractivity contribution in [2.75, 3.05) is 32.7 Å². The highest BCUT2D eigenvalue weighted by Crippen LogP contribution is 2.31. The zero-order valence-corrected chi connectivity index (χ0v) is 26.1. The SMILES string of the molecule is CC(C)(C)CC(=O)N1CCN2C[C@H]1C(=O)NC[C@H]1O[C@@H](CC(=O)N[C@H]3C[C@@H](C2=O)N(Cc2ccc(C(F)(F)F)cc2)C3)[C@H](O)[C@@H]1O. The number of ether oxygens (including phenoxy) is 1. The van der Waals surface area contributed by atoms with Gasteiger partial charge in [0.1, 0.15) is 24.4 Å². The van der Waals surface area contributed by atoms with Crippen molar-refractivity contribution >= 4 is 23.6 Å². The van der Waals surface area contributed by atoms with Gasteiger partial charge < -0.3 is 35.4 Å². The third-order valence-electron chi connectivity index (χ3n) is 9.04. The van der Waals surface area contributed by atoms with Gasteiger partial charge in [-0.3, -0.25) is 24.1 Å². The van der Waals surface area contributed by atoms with E-state index in [2.05, 4.69) is 10.6 Å². The zero-order valence-electron chi connectivity index (χ0n) is 26.1. The summed E-state index contributed by atoms with van der Waals surface area (Å²) in [5, 5.41) is 26.8. The van der Waals surface area contributed by atoms with Gasteiger partial charge in [0.25, 0.3) is 0 Å². The second kappa shape index (κ2) is 13.1. The lowest BCUT2D eigenvalue weighted by Crippen LogP contribution is -2.63. The Morgan fingerprint density at radius 2 is 1.65 bits per heavy atom. The van der Waals surface area contributed by atoms with Gasteiger partial charge >= 0.3 is 6.18 Å². The van der Waals surface area contributed by atoms with E-state index in [1.54, 1.807) is 4.90 Å². The minimum Gasteiger partial charge on any atom is -0.388 e. The molecule has 0 unspecified atom stereocenters. The Morgan fingerprint density at radius 3 is 2.30 bits per heavy atom. The molecule has 0 aliphatic carbocycles. The standard InChI is InChI=1S/C31H42F3N5O7/c1-30(2,3)12-25(41)39-9-8-37-16-21(39)28(44)35-13-23-27(43)26(42)22(46-23)11-24(40)36-19-10-20(29(37)45)38(15-19)14-17-4-6-18(7-5-17)31(32,33)34/h4-7,19-23,26-27,42-43H,8-16H2,1-3H3,(H,35,44)(H,36,40)/t19-,20-,21-,22-,23+,26-,27+/m0/s1. The summed E-state index contributed by atoms with van der Waals surface area (Å²) >= 11 is 0. The van der Waals surface area contributed by atoms with Gasteiger partial charge in [0, 0.05) is 45.2 Å². The number of fused-ring (bicyclic) bond motifs is 6. The molecule has 12 nitrogen and oxygen atoms in total. The van der Waals surface area contributed by atoms with Gasteiger partial charge in [-0.2, -0.15) is 13.2 Å². The Bertz CT molecular complexity index is 1320.